The third-order valence-corrected chi connectivity index (χ3v) is 3.29. The van der Waals surface area contributed by atoms with Gasteiger partial charge in [0.2, 0.25) is 0 Å². The van der Waals surface area contributed by atoms with Gasteiger partial charge in [0.25, 0.3) is 5.69 Å². The molecule has 5 heteroatoms. The number of aromatic nitrogens is 2. The average Bonchev–Trinajstić information content (AvgIpc) is 3.01. The summed E-state index contributed by atoms with van der Waals surface area (Å²) < 4.78 is 2.00. The first-order chi connectivity index (χ1) is 10.2. The Kier molecular flexibility index (Phi) is 3.47. The first-order valence-electron chi connectivity index (χ1n) is 6.52. The molecule has 0 saturated heterocycles. The number of benzene rings is 2. The fourth-order valence-corrected chi connectivity index (χ4v) is 2.17. The SMILES string of the molecule is O=[N+]([O-])c1ccc(-c2ccc(Cn3ccnc3)cc2)cc1. The van der Waals surface area contributed by atoms with Crippen LogP contribution in [0.2, 0.25) is 0 Å². The molecule has 0 N–H and O–H groups in total. The van der Waals surface area contributed by atoms with Gasteiger partial charge in [0, 0.05) is 31.1 Å². The highest BCUT2D eigenvalue weighted by Gasteiger charge is 2.05. The Morgan fingerprint density at radius 1 is 1.00 bits per heavy atom. The lowest BCUT2D eigenvalue weighted by Crippen LogP contribution is -1.95. The van der Waals surface area contributed by atoms with E-state index >= 15 is 0 Å². The van der Waals surface area contributed by atoms with E-state index in [0.29, 0.717) is 0 Å². The normalized spacial score (nSPS) is 10.5. The number of hydrogen-bond donors (Lipinski definition) is 0. The molecule has 3 rings (SSSR count). The maximum atomic E-state index is 10.6. The first kappa shape index (κ1) is 13.1. The number of nitro groups is 1. The monoisotopic (exact) mass is 279 g/mol. The summed E-state index contributed by atoms with van der Waals surface area (Å²) in [5.41, 5.74) is 3.29. The van der Waals surface area contributed by atoms with Gasteiger partial charge in [-0.15, -0.1) is 0 Å². The predicted octanol–water partition coefficient (Wildman–Crippen LogP) is 3.51. The third kappa shape index (κ3) is 2.97. The van der Waals surface area contributed by atoms with Crippen molar-refractivity contribution in [3.05, 3.63) is 82.9 Å². The largest absolute Gasteiger partial charge is 0.333 e. The van der Waals surface area contributed by atoms with E-state index in [4.69, 9.17) is 0 Å². The van der Waals surface area contributed by atoms with Gasteiger partial charge in [-0.25, -0.2) is 4.98 Å². The molecule has 21 heavy (non-hydrogen) atoms. The molecule has 0 bridgehead atoms. The molecule has 0 aliphatic rings. The van der Waals surface area contributed by atoms with Gasteiger partial charge in [0.15, 0.2) is 0 Å². The van der Waals surface area contributed by atoms with Crippen LogP contribution >= 0.6 is 0 Å². The predicted molar refractivity (Wildman–Crippen MR) is 79.9 cm³/mol. The Morgan fingerprint density at radius 3 is 2.14 bits per heavy atom. The van der Waals surface area contributed by atoms with E-state index < -0.39 is 4.92 Å². The van der Waals surface area contributed by atoms with Crippen molar-refractivity contribution >= 4 is 5.69 Å². The van der Waals surface area contributed by atoms with Crippen molar-refractivity contribution in [2.45, 2.75) is 6.54 Å². The van der Waals surface area contributed by atoms with E-state index in [1.54, 1.807) is 24.7 Å². The summed E-state index contributed by atoms with van der Waals surface area (Å²) >= 11 is 0. The smallest absolute Gasteiger partial charge is 0.269 e. The maximum Gasteiger partial charge on any atom is 0.269 e. The molecule has 0 spiro atoms. The second-order valence-corrected chi connectivity index (χ2v) is 4.74. The number of non-ortho nitro benzene ring substituents is 1. The minimum Gasteiger partial charge on any atom is -0.333 e. The molecule has 104 valence electrons. The van der Waals surface area contributed by atoms with E-state index in [9.17, 15) is 10.1 Å². The zero-order valence-corrected chi connectivity index (χ0v) is 11.2. The summed E-state index contributed by atoms with van der Waals surface area (Å²) in [6, 6.07) is 14.7. The van der Waals surface area contributed by atoms with Crippen molar-refractivity contribution in [1.29, 1.82) is 0 Å². The van der Waals surface area contributed by atoms with E-state index in [1.165, 1.54) is 17.7 Å². The van der Waals surface area contributed by atoms with Crippen LogP contribution in [0.3, 0.4) is 0 Å². The molecule has 0 saturated carbocycles. The zero-order chi connectivity index (χ0) is 14.7. The minimum atomic E-state index is -0.391. The fraction of sp³-hybridized carbons (Fsp3) is 0.0625. The minimum absolute atomic E-state index is 0.107. The number of hydrogen-bond acceptors (Lipinski definition) is 3. The molecule has 3 aromatic rings. The molecule has 0 atom stereocenters. The fourth-order valence-electron chi connectivity index (χ4n) is 2.17. The third-order valence-electron chi connectivity index (χ3n) is 3.29. The van der Waals surface area contributed by atoms with Crippen LogP contribution in [0, 0.1) is 10.1 Å². The van der Waals surface area contributed by atoms with Crippen LogP contribution in [-0.2, 0) is 6.54 Å². The molecule has 0 aliphatic carbocycles. The molecular weight excluding hydrogens is 266 g/mol. The Hall–Kier alpha value is -2.95. The van der Waals surface area contributed by atoms with Gasteiger partial charge < -0.3 is 4.57 Å². The van der Waals surface area contributed by atoms with Gasteiger partial charge in [-0.3, -0.25) is 10.1 Å². The molecule has 2 aromatic carbocycles. The van der Waals surface area contributed by atoms with Crippen LogP contribution in [0.1, 0.15) is 5.56 Å². The second-order valence-electron chi connectivity index (χ2n) is 4.74. The summed E-state index contributed by atoms with van der Waals surface area (Å²) in [7, 11) is 0. The van der Waals surface area contributed by atoms with Gasteiger partial charge in [-0.05, 0) is 28.8 Å². The summed E-state index contributed by atoms with van der Waals surface area (Å²) in [6.45, 7) is 0.778. The molecule has 0 fully saturated rings. The van der Waals surface area contributed by atoms with E-state index in [1.807, 2.05) is 22.9 Å². The van der Waals surface area contributed by atoms with Crippen molar-refractivity contribution in [2.75, 3.05) is 0 Å². The molecule has 5 nitrogen and oxygen atoms in total. The van der Waals surface area contributed by atoms with E-state index in [2.05, 4.69) is 17.1 Å². The van der Waals surface area contributed by atoms with Crippen LogP contribution in [-0.4, -0.2) is 14.5 Å². The lowest BCUT2D eigenvalue weighted by atomic mass is 10.0. The number of nitro benzene ring substituents is 1. The molecule has 0 radical (unpaired) electrons. The van der Waals surface area contributed by atoms with Crippen LogP contribution in [0.15, 0.2) is 67.3 Å². The lowest BCUT2D eigenvalue weighted by molar-refractivity contribution is -0.384. The maximum absolute atomic E-state index is 10.6. The van der Waals surface area contributed by atoms with Crippen LogP contribution in [0.5, 0.6) is 0 Å². The van der Waals surface area contributed by atoms with Gasteiger partial charge >= 0.3 is 0 Å². The Labute approximate surface area is 121 Å². The summed E-state index contributed by atoms with van der Waals surface area (Å²) in [6.07, 6.45) is 5.46. The summed E-state index contributed by atoms with van der Waals surface area (Å²) in [5.74, 6) is 0. The second kappa shape index (κ2) is 5.58. The molecule has 0 amide bonds. The molecule has 0 unspecified atom stereocenters. The zero-order valence-electron chi connectivity index (χ0n) is 11.2. The highest BCUT2D eigenvalue weighted by atomic mass is 16.6. The van der Waals surface area contributed by atoms with E-state index in [0.717, 1.165) is 17.7 Å². The number of nitrogens with zero attached hydrogens (tertiary/aromatic N) is 3. The molecular formula is C16H13N3O2. The van der Waals surface area contributed by atoms with Crippen LogP contribution < -0.4 is 0 Å². The van der Waals surface area contributed by atoms with Gasteiger partial charge in [0.1, 0.15) is 0 Å². The Bertz CT molecular complexity index is 732. The topological polar surface area (TPSA) is 61.0 Å². The molecule has 1 heterocycles. The average molecular weight is 279 g/mol. The van der Waals surface area contributed by atoms with Crippen molar-refractivity contribution in [1.82, 2.24) is 9.55 Å². The van der Waals surface area contributed by atoms with E-state index in [-0.39, 0.29) is 5.69 Å². The highest BCUT2D eigenvalue weighted by Crippen LogP contribution is 2.22. The van der Waals surface area contributed by atoms with Gasteiger partial charge in [-0.1, -0.05) is 24.3 Å². The highest BCUT2D eigenvalue weighted by molar-refractivity contribution is 5.65. The van der Waals surface area contributed by atoms with Crippen molar-refractivity contribution in [3.63, 3.8) is 0 Å². The lowest BCUT2D eigenvalue weighted by Gasteiger charge is -2.05. The van der Waals surface area contributed by atoms with Gasteiger partial charge in [0.05, 0.1) is 11.3 Å². The molecule has 1 aromatic heterocycles. The van der Waals surface area contributed by atoms with Crippen LogP contribution in [0.4, 0.5) is 5.69 Å². The quantitative estimate of drug-likeness (QED) is 0.542. The standard InChI is InChI=1S/C16H13N3O2/c20-19(21)16-7-5-15(6-8-16)14-3-1-13(2-4-14)11-18-10-9-17-12-18/h1-10,12H,11H2. The Balaban J connectivity index is 1.78. The first-order valence-corrected chi connectivity index (χ1v) is 6.52. The van der Waals surface area contributed by atoms with Crippen molar-refractivity contribution in [2.24, 2.45) is 0 Å². The number of rotatable bonds is 4. The van der Waals surface area contributed by atoms with Gasteiger partial charge in [-0.2, -0.15) is 0 Å². The summed E-state index contributed by atoms with van der Waals surface area (Å²) in [5, 5.41) is 10.6. The summed E-state index contributed by atoms with van der Waals surface area (Å²) in [4.78, 5) is 14.3. The molecule has 0 aliphatic heterocycles. The number of imidazole rings is 1. The van der Waals surface area contributed by atoms with Crippen molar-refractivity contribution in [3.8, 4) is 11.1 Å². The van der Waals surface area contributed by atoms with Crippen LogP contribution in [0.25, 0.3) is 11.1 Å². The Morgan fingerprint density at radius 2 is 1.62 bits per heavy atom. The van der Waals surface area contributed by atoms with Crippen molar-refractivity contribution < 1.29 is 4.92 Å².